The molecule has 1 fully saturated rings. The summed E-state index contributed by atoms with van der Waals surface area (Å²) in [5, 5.41) is 4.97. The first-order valence-electron chi connectivity index (χ1n) is 19.8. The summed E-state index contributed by atoms with van der Waals surface area (Å²) in [6.45, 7) is 4.74. The Morgan fingerprint density at radius 3 is 2.02 bits per heavy atom. The second kappa shape index (κ2) is 13.2. The van der Waals surface area contributed by atoms with E-state index in [-0.39, 0.29) is 5.41 Å². The van der Waals surface area contributed by atoms with Gasteiger partial charge < -0.3 is 4.90 Å². The van der Waals surface area contributed by atoms with Gasteiger partial charge in [0.25, 0.3) is 0 Å². The van der Waals surface area contributed by atoms with Gasteiger partial charge >= 0.3 is 0 Å². The van der Waals surface area contributed by atoms with Crippen LogP contribution >= 0.6 is 0 Å². The van der Waals surface area contributed by atoms with Crippen LogP contribution in [0.15, 0.2) is 170 Å². The van der Waals surface area contributed by atoms with Crippen molar-refractivity contribution in [3.63, 3.8) is 0 Å². The molecule has 10 rings (SSSR count). The number of nitrogens with zero attached hydrogens (tertiary/aromatic N) is 1. The fourth-order valence-electron chi connectivity index (χ4n) is 9.61. The summed E-state index contributed by atoms with van der Waals surface area (Å²) in [4.78, 5) is 2.59. The summed E-state index contributed by atoms with van der Waals surface area (Å²) < 4.78 is 0. The number of hydrogen-bond donors (Lipinski definition) is 0. The molecule has 0 heterocycles. The number of rotatable bonds is 6. The summed E-state index contributed by atoms with van der Waals surface area (Å²) in [5.74, 6) is 0.605. The van der Waals surface area contributed by atoms with Crippen LogP contribution in [0, 0.1) is 0 Å². The molecule has 0 aliphatic heterocycles. The van der Waals surface area contributed by atoms with Gasteiger partial charge in [-0.05, 0) is 104 Å². The van der Waals surface area contributed by atoms with E-state index in [1.807, 2.05) is 0 Å². The van der Waals surface area contributed by atoms with Crippen molar-refractivity contribution in [1.29, 1.82) is 0 Å². The fraction of sp³-hybridized carbons (Fsp3) is 0.170. The average molecular weight is 696 g/mol. The molecular weight excluding hydrogens is 651 g/mol. The van der Waals surface area contributed by atoms with Crippen molar-refractivity contribution < 1.29 is 0 Å². The summed E-state index contributed by atoms with van der Waals surface area (Å²) in [6, 6.07) is 63.9. The van der Waals surface area contributed by atoms with Crippen LogP contribution in [0.1, 0.15) is 68.6 Å². The molecule has 0 N–H and O–H groups in total. The second-order valence-electron chi connectivity index (χ2n) is 16.0. The minimum absolute atomic E-state index is 0.0676. The number of fused-ring (bicyclic) bond motifs is 5. The van der Waals surface area contributed by atoms with E-state index < -0.39 is 0 Å². The Kier molecular flexibility index (Phi) is 7.99. The van der Waals surface area contributed by atoms with Crippen LogP contribution in [0.25, 0.3) is 54.9 Å². The van der Waals surface area contributed by atoms with Gasteiger partial charge in [-0.15, -0.1) is 0 Å². The molecule has 0 saturated heterocycles. The Morgan fingerprint density at radius 2 is 1.17 bits per heavy atom. The molecule has 8 aromatic rings. The highest BCUT2D eigenvalue weighted by Crippen LogP contribution is 2.53. The SMILES string of the molecule is CC1(C)c2ccccc2-c2cc(N(c3ccc(C4CCCCC4)cc3-c3ccccc3)c3c(-c4ccc5ccccc5c4)ccc4ccccc34)ccc21. The van der Waals surface area contributed by atoms with E-state index in [4.69, 9.17) is 0 Å². The standard InChI is InChI=1S/C53H45N/c1-53(2)49-24-14-13-23-46(49)48-35-43(29-31-50(48)53)54(51-32-28-41(36-15-5-3-6-16-36)34-47(51)38-18-7-4-8-19-38)52-44-22-12-11-20-39(44)27-30-45(52)42-26-25-37-17-9-10-21-40(37)33-42/h4,7-14,17-36H,3,5-6,15-16H2,1-2H3. The third kappa shape index (κ3) is 5.45. The first kappa shape index (κ1) is 32.7. The molecule has 0 aromatic heterocycles. The molecule has 0 atom stereocenters. The van der Waals surface area contributed by atoms with Crippen LogP contribution in [-0.2, 0) is 5.41 Å². The maximum absolute atomic E-state index is 2.59. The van der Waals surface area contributed by atoms with Gasteiger partial charge in [0, 0.05) is 27.6 Å². The van der Waals surface area contributed by atoms with Gasteiger partial charge in [0.2, 0.25) is 0 Å². The fourth-order valence-corrected chi connectivity index (χ4v) is 9.61. The molecule has 0 unspecified atom stereocenters. The van der Waals surface area contributed by atoms with Crippen molar-refractivity contribution in [2.24, 2.45) is 0 Å². The topological polar surface area (TPSA) is 3.24 Å². The Balaban J connectivity index is 1.29. The van der Waals surface area contributed by atoms with Crippen molar-refractivity contribution in [2.45, 2.75) is 57.3 Å². The molecule has 0 bridgehead atoms. The maximum Gasteiger partial charge on any atom is 0.0618 e. The van der Waals surface area contributed by atoms with Gasteiger partial charge in [-0.2, -0.15) is 0 Å². The van der Waals surface area contributed by atoms with E-state index >= 15 is 0 Å². The van der Waals surface area contributed by atoms with Crippen LogP contribution in [0.2, 0.25) is 0 Å². The van der Waals surface area contributed by atoms with E-state index in [1.54, 1.807) is 0 Å². The van der Waals surface area contributed by atoms with Crippen LogP contribution in [0.5, 0.6) is 0 Å². The molecule has 2 aliphatic rings. The predicted octanol–water partition coefficient (Wildman–Crippen LogP) is 15.2. The highest BCUT2D eigenvalue weighted by atomic mass is 15.1. The summed E-state index contributed by atoms with van der Waals surface area (Å²) >= 11 is 0. The molecule has 2 aliphatic carbocycles. The molecule has 8 aromatic carbocycles. The van der Waals surface area contributed by atoms with Crippen LogP contribution in [-0.4, -0.2) is 0 Å². The largest absolute Gasteiger partial charge is 0.309 e. The number of benzene rings is 8. The lowest BCUT2D eigenvalue weighted by Crippen LogP contribution is -2.16. The van der Waals surface area contributed by atoms with Crippen molar-refractivity contribution in [2.75, 3.05) is 4.90 Å². The predicted molar refractivity (Wildman–Crippen MR) is 230 cm³/mol. The van der Waals surface area contributed by atoms with E-state index in [0.717, 1.165) is 0 Å². The monoisotopic (exact) mass is 695 g/mol. The van der Waals surface area contributed by atoms with Gasteiger partial charge in [-0.25, -0.2) is 0 Å². The van der Waals surface area contributed by atoms with Crippen LogP contribution in [0.4, 0.5) is 17.1 Å². The van der Waals surface area contributed by atoms with E-state index in [1.165, 1.54) is 121 Å². The molecule has 1 saturated carbocycles. The third-order valence-electron chi connectivity index (χ3n) is 12.4. The summed E-state index contributed by atoms with van der Waals surface area (Å²) in [5.41, 5.74) is 15.4. The Labute approximate surface area is 319 Å². The van der Waals surface area contributed by atoms with E-state index in [0.29, 0.717) is 5.92 Å². The van der Waals surface area contributed by atoms with Gasteiger partial charge in [0.1, 0.15) is 0 Å². The Bertz CT molecular complexity index is 2680. The van der Waals surface area contributed by atoms with Crippen molar-refractivity contribution >= 4 is 38.6 Å². The quantitative estimate of drug-likeness (QED) is 0.167. The van der Waals surface area contributed by atoms with Gasteiger partial charge in [-0.3, -0.25) is 0 Å². The molecule has 0 amide bonds. The lowest BCUT2D eigenvalue weighted by molar-refractivity contribution is 0.444. The number of anilines is 3. The summed E-state index contributed by atoms with van der Waals surface area (Å²) in [7, 11) is 0. The van der Waals surface area contributed by atoms with Crippen molar-refractivity contribution in [1.82, 2.24) is 0 Å². The average Bonchev–Trinajstić information content (AvgIpc) is 3.47. The molecular formula is C53H45N. The molecule has 54 heavy (non-hydrogen) atoms. The zero-order valence-corrected chi connectivity index (χ0v) is 31.2. The Morgan fingerprint density at radius 1 is 0.463 bits per heavy atom. The smallest absolute Gasteiger partial charge is 0.0618 e. The third-order valence-corrected chi connectivity index (χ3v) is 12.4. The van der Waals surface area contributed by atoms with Gasteiger partial charge in [-0.1, -0.05) is 173 Å². The molecule has 1 heteroatoms. The Hall–Kier alpha value is -5.92. The summed E-state index contributed by atoms with van der Waals surface area (Å²) in [6.07, 6.45) is 6.53. The molecule has 262 valence electrons. The van der Waals surface area contributed by atoms with Crippen LogP contribution in [0.3, 0.4) is 0 Å². The maximum atomic E-state index is 2.59. The van der Waals surface area contributed by atoms with E-state index in [9.17, 15) is 0 Å². The molecule has 0 radical (unpaired) electrons. The lowest BCUT2D eigenvalue weighted by Gasteiger charge is -2.33. The van der Waals surface area contributed by atoms with Gasteiger partial charge in [0.15, 0.2) is 0 Å². The zero-order chi connectivity index (χ0) is 36.2. The molecule has 0 spiro atoms. The molecule has 1 nitrogen and oxygen atoms in total. The minimum Gasteiger partial charge on any atom is -0.309 e. The zero-order valence-electron chi connectivity index (χ0n) is 31.2. The lowest BCUT2D eigenvalue weighted by atomic mass is 9.82. The minimum atomic E-state index is -0.0676. The highest BCUT2D eigenvalue weighted by molar-refractivity contribution is 6.08. The van der Waals surface area contributed by atoms with Crippen LogP contribution < -0.4 is 4.90 Å². The number of hydrogen-bond acceptors (Lipinski definition) is 1. The van der Waals surface area contributed by atoms with Gasteiger partial charge in [0.05, 0.1) is 11.4 Å². The second-order valence-corrected chi connectivity index (χ2v) is 16.0. The normalized spacial score (nSPS) is 14.9. The first-order chi connectivity index (χ1) is 26.5. The van der Waals surface area contributed by atoms with Crippen molar-refractivity contribution in [3.8, 4) is 33.4 Å². The van der Waals surface area contributed by atoms with Crippen molar-refractivity contribution in [3.05, 3.63) is 187 Å². The first-order valence-corrected chi connectivity index (χ1v) is 19.8. The van der Waals surface area contributed by atoms with E-state index in [2.05, 4.69) is 189 Å². The highest BCUT2D eigenvalue weighted by Gasteiger charge is 2.36.